The Hall–Kier alpha value is -2.71. The predicted molar refractivity (Wildman–Crippen MR) is 103 cm³/mol. The summed E-state index contributed by atoms with van der Waals surface area (Å²) in [4.78, 5) is 29.3. The maximum absolute atomic E-state index is 13.0. The minimum Gasteiger partial charge on any atom is -0.480 e. The lowest BCUT2D eigenvalue weighted by molar-refractivity contribution is -0.148. The fourth-order valence-electron chi connectivity index (χ4n) is 5.27. The van der Waals surface area contributed by atoms with Gasteiger partial charge in [-0.05, 0) is 37.2 Å². The standard InChI is InChI=1S/C20H26N6O3/c1-29-18-7-5-16-21-22-17(26(16)23-18)6-8-19(27)24-10-13-9-14(12-24)15-3-2-4-20(28)25(15)11-13/h5,7,13-15H,2-4,6,8-12H2,1H3/t13-,14+,15+/m1/s1. The molecule has 5 rings (SSSR count). The highest BCUT2D eigenvalue weighted by atomic mass is 16.5. The second-order valence-corrected chi connectivity index (χ2v) is 8.43. The second-order valence-electron chi connectivity index (χ2n) is 8.43. The first kappa shape index (κ1) is 18.3. The van der Waals surface area contributed by atoms with Gasteiger partial charge < -0.3 is 14.5 Å². The van der Waals surface area contributed by atoms with E-state index in [0.717, 1.165) is 38.9 Å². The fraction of sp³-hybridized carbons (Fsp3) is 0.650. The molecule has 0 saturated carbocycles. The molecule has 154 valence electrons. The van der Waals surface area contributed by atoms with E-state index < -0.39 is 0 Å². The van der Waals surface area contributed by atoms with Gasteiger partial charge in [-0.25, -0.2) is 0 Å². The molecule has 0 spiro atoms. The van der Waals surface area contributed by atoms with E-state index in [2.05, 4.69) is 20.2 Å². The van der Waals surface area contributed by atoms with Gasteiger partial charge in [0.2, 0.25) is 17.7 Å². The van der Waals surface area contributed by atoms with Crippen LogP contribution in [-0.4, -0.2) is 74.2 Å². The minimum absolute atomic E-state index is 0.148. The molecule has 0 N–H and O–H groups in total. The van der Waals surface area contributed by atoms with Gasteiger partial charge in [0.1, 0.15) is 0 Å². The van der Waals surface area contributed by atoms with Crippen LogP contribution in [0.25, 0.3) is 5.65 Å². The number of aromatic nitrogens is 4. The molecule has 3 aliphatic rings. The topological polar surface area (TPSA) is 92.9 Å². The number of rotatable bonds is 4. The lowest BCUT2D eigenvalue weighted by atomic mass is 9.76. The first-order valence-corrected chi connectivity index (χ1v) is 10.4. The zero-order chi connectivity index (χ0) is 20.0. The van der Waals surface area contributed by atoms with Crippen molar-refractivity contribution in [2.45, 2.75) is 44.6 Å². The molecule has 3 aliphatic heterocycles. The number of hydrogen-bond donors (Lipinski definition) is 0. The SMILES string of the molecule is COc1ccc2nnc(CCC(=O)N3C[C@H]4C[C@@H](C3)[C@@H]3CCCC(=O)N3C4)n2n1. The van der Waals surface area contributed by atoms with E-state index in [9.17, 15) is 9.59 Å². The Morgan fingerprint density at radius 3 is 3.00 bits per heavy atom. The number of fused-ring (bicyclic) bond motifs is 5. The van der Waals surface area contributed by atoms with Crippen molar-refractivity contribution in [3.63, 3.8) is 0 Å². The highest BCUT2D eigenvalue weighted by molar-refractivity contribution is 5.78. The van der Waals surface area contributed by atoms with Crippen molar-refractivity contribution in [1.29, 1.82) is 0 Å². The minimum atomic E-state index is 0.148. The van der Waals surface area contributed by atoms with Crippen molar-refractivity contribution >= 4 is 17.5 Å². The summed E-state index contributed by atoms with van der Waals surface area (Å²) in [6, 6.07) is 3.86. The largest absolute Gasteiger partial charge is 0.480 e. The first-order chi connectivity index (χ1) is 14.1. The van der Waals surface area contributed by atoms with Crippen LogP contribution in [0.1, 0.15) is 37.9 Å². The number of nitrogens with zero attached hydrogens (tertiary/aromatic N) is 6. The predicted octanol–water partition coefficient (Wildman–Crippen LogP) is 0.925. The zero-order valence-electron chi connectivity index (χ0n) is 16.7. The molecule has 3 atom stereocenters. The van der Waals surface area contributed by atoms with E-state index >= 15 is 0 Å². The molecule has 5 heterocycles. The molecule has 3 fully saturated rings. The number of likely N-dealkylation sites (tertiary alicyclic amines) is 1. The Kier molecular flexibility index (Phi) is 4.60. The zero-order valence-corrected chi connectivity index (χ0v) is 16.7. The molecule has 9 heteroatoms. The number of carbonyl (C=O) groups excluding carboxylic acids is 2. The molecule has 9 nitrogen and oxygen atoms in total. The van der Waals surface area contributed by atoms with Gasteiger partial charge in [0, 0.05) is 51.0 Å². The summed E-state index contributed by atoms with van der Waals surface area (Å²) in [7, 11) is 1.57. The van der Waals surface area contributed by atoms with Gasteiger partial charge in [-0.2, -0.15) is 4.52 Å². The Morgan fingerprint density at radius 1 is 1.24 bits per heavy atom. The Labute approximate surface area is 169 Å². The van der Waals surface area contributed by atoms with E-state index in [1.807, 2.05) is 4.90 Å². The molecule has 2 bridgehead atoms. The van der Waals surface area contributed by atoms with Crippen molar-refractivity contribution in [1.82, 2.24) is 29.6 Å². The molecule has 3 saturated heterocycles. The second kappa shape index (κ2) is 7.27. The van der Waals surface area contributed by atoms with Gasteiger partial charge in [0.05, 0.1) is 7.11 Å². The van der Waals surface area contributed by atoms with Crippen LogP contribution in [0.5, 0.6) is 5.88 Å². The molecule has 0 unspecified atom stereocenters. The Bertz CT molecular complexity index is 943. The van der Waals surface area contributed by atoms with Crippen molar-refractivity contribution in [2.75, 3.05) is 26.7 Å². The monoisotopic (exact) mass is 398 g/mol. The summed E-state index contributed by atoms with van der Waals surface area (Å²) < 4.78 is 6.81. The summed E-state index contributed by atoms with van der Waals surface area (Å²) >= 11 is 0. The van der Waals surface area contributed by atoms with Gasteiger partial charge >= 0.3 is 0 Å². The molecule has 0 aliphatic carbocycles. The summed E-state index contributed by atoms with van der Waals surface area (Å²) in [5.41, 5.74) is 0.641. The molecule has 29 heavy (non-hydrogen) atoms. The van der Waals surface area contributed by atoms with E-state index in [-0.39, 0.29) is 5.91 Å². The van der Waals surface area contributed by atoms with Gasteiger partial charge in [0.15, 0.2) is 11.5 Å². The average molecular weight is 398 g/mol. The van der Waals surface area contributed by atoms with Crippen LogP contribution in [0.3, 0.4) is 0 Å². The van der Waals surface area contributed by atoms with Crippen LogP contribution in [-0.2, 0) is 16.0 Å². The van der Waals surface area contributed by atoms with Gasteiger partial charge in [0.25, 0.3) is 0 Å². The lowest BCUT2D eigenvalue weighted by Gasteiger charge is -2.52. The molecule has 2 aromatic heterocycles. The summed E-state index contributed by atoms with van der Waals surface area (Å²) in [5, 5.41) is 12.7. The molecular weight excluding hydrogens is 372 g/mol. The highest BCUT2D eigenvalue weighted by Crippen LogP contribution is 2.38. The van der Waals surface area contributed by atoms with E-state index in [1.54, 1.807) is 23.8 Å². The number of hydrogen-bond acceptors (Lipinski definition) is 6. The van der Waals surface area contributed by atoms with Crippen LogP contribution >= 0.6 is 0 Å². The van der Waals surface area contributed by atoms with Crippen molar-refractivity contribution < 1.29 is 14.3 Å². The molecule has 0 radical (unpaired) electrons. The van der Waals surface area contributed by atoms with Gasteiger partial charge in [-0.1, -0.05) is 0 Å². The molecular formula is C20H26N6O3. The van der Waals surface area contributed by atoms with Crippen molar-refractivity contribution in [2.24, 2.45) is 11.8 Å². The number of ether oxygens (including phenoxy) is 1. The van der Waals surface area contributed by atoms with Crippen LogP contribution in [0, 0.1) is 11.8 Å². The summed E-state index contributed by atoms with van der Waals surface area (Å²) in [6.45, 7) is 2.32. The smallest absolute Gasteiger partial charge is 0.231 e. The van der Waals surface area contributed by atoms with Crippen LogP contribution < -0.4 is 4.74 Å². The highest BCUT2D eigenvalue weighted by Gasteiger charge is 2.44. The third kappa shape index (κ3) is 3.32. The molecule has 0 aromatic carbocycles. The lowest BCUT2D eigenvalue weighted by Crippen LogP contribution is -2.61. The average Bonchev–Trinajstić information content (AvgIpc) is 3.14. The third-order valence-corrected chi connectivity index (χ3v) is 6.61. The maximum atomic E-state index is 13.0. The van der Waals surface area contributed by atoms with E-state index in [1.165, 1.54) is 0 Å². The quantitative estimate of drug-likeness (QED) is 0.761. The van der Waals surface area contributed by atoms with Crippen LogP contribution in [0.4, 0.5) is 0 Å². The van der Waals surface area contributed by atoms with Crippen molar-refractivity contribution in [3.8, 4) is 5.88 Å². The number of piperidine rings is 3. The normalized spacial score (nSPS) is 26.5. The summed E-state index contributed by atoms with van der Waals surface area (Å²) in [5.74, 6) is 2.41. The van der Waals surface area contributed by atoms with Gasteiger partial charge in [-0.3, -0.25) is 9.59 Å². The number of amides is 2. The van der Waals surface area contributed by atoms with Crippen LogP contribution in [0.15, 0.2) is 12.1 Å². The third-order valence-electron chi connectivity index (χ3n) is 6.61. The number of aryl methyl sites for hydroxylation is 1. The van der Waals surface area contributed by atoms with Crippen LogP contribution in [0.2, 0.25) is 0 Å². The van der Waals surface area contributed by atoms with E-state index in [0.29, 0.717) is 60.4 Å². The maximum Gasteiger partial charge on any atom is 0.231 e. The number of carbonyl (C=O) groups is 2. The number of methoxy groups -OCH3 is 1. The molecule has 2 aromatic rings. The Morgan fingerprint density at radius 2 is 2.14 bits per heavy atom. The van der Waals surface area contributed by atoms with E-state index in [4.69, 9.17) is 4.74 Å². The fourth-order valence-corrected chi connectivity index (χ4v) is 5.27. The van der Waals surface area contributed by atoms with Crippen molar-refractivity contribution in [3.05, 3.63) is 18.0 Å². The van der Waals surface area contributed by atoms with Gasteiger partial charge in [-0.15, -0.1) is 15.3 Å². The summed E-state index contributed by atoms with van der Waals surface area (Å²) in [6.07, 6.45) is 4.74. The first-order valence-electron chi connectivity index (χ1n) is 10.4. The molecule has 2 amide bonds. The Balaban J connectivity index is 1.25.